The number of carbonyl (C=O) groups is 1. The molecule has 4 rings (SSSR count). The molecule has 0 radical (unpaired) electrons. The summed E-state index contributed by atoms with van der Waals surface area (Å²) in [6.45, 7) is 1.98. The highest BCUT2D eigenvalue weighted by atomic mass is 16.1. The summed E-state index contributed by atoms with van der Waals surface area (Å²) >= 11 is 0. The van der Waals surface area contributed by atoms with Crippen LogP contribution in [0.3, 0.4) is 0 Å². The van der Waals surface area contributed by atoms with Gasteiger partial charge in [-0.25, -0.2) is 9.67 Å². The van der Waals surface area contributed by atoms with E-state index in [2.05, 4.69) is 20.4 Å². The van der Waals surface area contributed by atoms with E-state index in [-0.39, 0.29) is 11.9 Å². The predicted molar refractivity (Wildman–Crippen MR) is 99.9 cm³/mol. The molecule has 0 saturated heterocycles. The Bertz CT molecular complexity index is 1020. The average Bonchev–Trinajstić information content (AvgIpc) is 3.32. The number of hydrogen-bond donors (Lipinski definition) is 2. The molecule has 0 unspecified atom stereocenters. The third-order valence-electron chi connectivity index (χ3n) is 4.48. The number of amides is 1. The zero-order valence-electron chi connectivity index (χ0n) is 14.4. The Kier molecular flexibility index (Phi) is 4.23. The van der Waals surface area contributed by atoms with Gasteiger partial charge in [-0.15, -0.1) is 0 Å². The highest BCUT2D eigenvalue weighted by molar-refractivity contribution is 5.88. The van der Waals surface area contributed by atoms with Crippen LogP contribution in [-0.4, -0.2) is 25.7 Å². The van der Waals surface area contributed by atoms with Gasteiger partial charge in [-0.2, -0.15) is 5.10 Å². The van der Waals surface area contributed by atoms with Crippen molar-refractivity contribution in [3.8, 4) is 5.69 Å². The van der Waals surface area contributed by atoms with Gasteiger partial charge in [0, 0.05) is 17.1 Å². The fraction of sp³-hybridized carbons (Fsp3) is 0.150. The Labute approximate surface area is 150 Å². The summed E-state index contributed by atoms with van der Waals surface area (Å²) in [7, 11) is 0. The van der Waals surface area contributed by atoms with Crippen LogP contribution in [0.4, 0.5) is 0 Å². The van der Waals surface area contributed by atoms with E-state index in [0.29, 0.717) is 6.42 Å². The number of H-pyrrole nitrogens is 1. The Morgan fingerprint density at radius 2 is 2.00 bits per heavy atom. The molecule has 0 aliphatic rings. The second-order valence-electron chi connectivity index (χ2n) is 6.26. The number of aromatic amines is 1. The second-order valence-corrected chi connectivity index (χ2v) is 6.26. The molecule has 0 aliphatic carbocycles. The molecule has 0 aliphatic heterocycles. The lowest BCUT2D eigenvalue weighted by molar-refractivity contribution is -0.121. The molecule has 1 atom stereocenters. The van der Waals surface area contributed by atoms with E-state index >= 15 is 0 Å². The van der Waals surface area contributed by atoms with Crippen LogP contribution in [0.15, 0.2) is 67.4 Å². The molecule has 6 heteroatoms. The molecule has 0 saturated carbocycles. The Morgan fingerprint density at radius 3 is 2.77 bits per heavy atom. The maximum atomic E-state index is 12.4. The first-order valence-corrected chi connectivity index (χ1v) is 8.50. The van der Waals surface area contributed by atoms with Gasteiger partial charge in [-0.1, -0.05) is 30.3 Å². The summed E-state index contributed by atoms with van der Waals surface area (Å²) in [4.78, 5) is 19.6. The molecule has 2 aromatic carbocycles. The van der Waals surface area contributed by atoms with Crippen molar-refractivity contribution in [3.63, 3.8) is 0 Å². The number of benzene rings is 2. The standard InChI is InChI=1S/C20H19N5O/c1-14(15-6-8-17(9-7-15)25-13-21-12-23-25)24-20(26)10-16-11-22-19-5-3-2-4-18(16)19/h2-9,11-14,22H,10H2,1H3,(H,24,26)/t14-/m1/s1. The molecular weight excluding hydrogens is 326 g/mol. The van der Waals surface area contributed by atoms with Crippen molar-refractivity contribution in [1.29, 1.82) is 0 Å². The van der Waals surface area contributed by atoms with Crippen molar-refractivity contribution < 1.29 is 4.79 Å². The van der Waals surface area contributed by atoms with E-state index in [1.54, 1.807) is 11.0 Å². The molecule has 0 spiro atoms. The van der Waals surface area contributed by atoms with E-state index in [1.165, 1.54) is 6.33 Å². The molecule has 4 aromatic rings. The van der Waals surface area contributed by atoms with Gasteiger partial charge in [0.1, 0.15) is 12.7 Å². The third kappa shape index (κ3) is 3.21. The van der Waals surface area contributed by atoms with Gasteiger partial charge in [-0.05, 0) is 36.2 Å². The van der Waals surface area contributed by atoms with Crippen molar-refractivity contribution >= 4 is 16.8 Å². The largest absolute Gasteiger partial charge is 0.361 e. The first-order chi connectivity index (χ1) is 12.7. The van der Waals surface area contributed by atoms with Gasteiger partial charge in [0.15, 0.2) is 0 Å². The van der Waals surface area contributed by atoms with Gasteiger partial charge >= 0.3 is 0 Å². The van der Waals surface area contributed by atoms with Gasteiger partial charge in [0.05, 0.1) is 18.2 Å². The van der Waals surface area contributed by atoms with E-state index in [9.17, 15) is 4.79 Å². The van der Waals surface area contributed by atoms with Gasteiger partial charge in [0.25, 0.3) is 0 Å². The SMILES string of the molecule is C[C@@H](NC(=O)Cc1c[nH]c2ccccc12)c1ccc(-n2cncn2)cc1. The Hall–Kier alpha value is -3.41. The maximum absolute atomic E-state index is 12.4. The summed E-state index contributed by atoms with van der Waals surface area (Å²) in [6.07, 6.45) is 5.41. The highest BCUT2D eigenvalue weighted by Gasteiger charge is 2.12. The fourth-order valence-electron chi connectivity index (χ4n) is 3.08. The smallest absolute Gasteiger partial charge is 0.224 e. The minimum atomic E-state index is -0.0718. The van der Waals surface area contributed by atoms with E-state index in [1.807, 2.05) is 61.7 Å². The zero-order chi connectivity index (χ0) is 17.9. The number of aromatic nitrogens is 4. The van der Waals surface area contributed by atoms with Crippen LogP contribution in [0.5, 0.6) is 0 Å². The van der Waals surface area contributed by atoms with Crippen molar-refractivity contribution in [1.82, 2.24) is 25.1 Å². The van der Waals surface area contributed by atoms with Crippen molar-refractivity contribution in [3.05, 3.63) is 78.5 Å². The zero-order valence-corrected chi connectivity index (χ0v) is 14.4. The van der Waals surface area contributed by atoms with Crippen molar-refractivity contribution in [2.45, 2.75) is 19.4 Å². The van der Waals surface area contributed by atoms with E-state index in [0.717, 1.165) is 27.7 Å². The number of para-hydroxylation sites is 1. The molecule has 26 heavy (non-hydrogen) atoms. The van der Waals surface area contributed by atoms with Gasteiger partial charge in [-0.3, -0.25) is 4.79 Å². The number of nitrogens with one attached hydrogen (secondary N) is 2. The third-order valence-corrected chi connectivity index (χ3v) is 4.48. The molecular formula is C20H19N5O. The van der Waals surface area contributed by atoms with Crippen LogP contribution in [0.25, 0.3) is 16.6 Å². The number of rotatable bonds is 5. The first kappa shape index (κ1) is 16.1. The minimum absolute atomic E-state index is 0.00241. The summed E-state index contributed by atoms with van der Waals surface area (Å²) in [6, 6.07) is 15.8. The molecule has 0 bridgehead atoms. The van der Waals surface area contributed by atoms with Crippen molar-refractivity contribution in [2.24, 2.45) is 0 Å². The van der Waals surface area contributed by atoms with E-state index in [4.69, 9.17) is 0 Å². The predicted octanol–water partition coefficient (Wildman–Crippen LogP) is 3.17. The van der Waals surface area contributed by atoms with Crippen LogP contribution >= 0.6 is 0 Å². The van der Waals surface area contributed by atoms with Crippen molar-refractivity contribution in [2.75, 3.05) is 0 Å². The van der Waals surface area contributed by atoms with Gasteiger partial charge < -0.3 is 10.3 Å². The summed E-state index contributed by atoms with van der Waals surface area (Å²) < 4.78 is 1.70. The monoisotopic (exact) mass is 345 g/mol. The quantitative estimate of drug-likeness (QED) is 0.583. The molecule has 0 fully saturated rings. The fourth-order valence-corrected chi connectivity index (χ4v) is 3.08. The average molecular weight is 345 g/mol. The van der Waals surface area contributed by atoms with Crippen LogP contribution in [0.1, 0.15) is 24.1 Å². The van der Waals surface area contributed by atoms with Crippen LogP contribution in [-0.2, 0) is 11.2 Å². The molecule has 1 amide bonds. The molecule has 6 nitrogen and oxygen atoms in total. The number of nitrogens with zero attached hydrogens (tertiary/aromatic N) is 3. The van der Waals surface area contributed by atoms with Crippen LogP contribution in [0.2, 0.25) is 0 Å². The lowest BCUT2D eigenvalue weighted by Gasteiger charge is -2.15. The first-order valence-electron chi connectivity index (χ1n) is 8.50. The molecule has 2 heterocycles. The highest BCUT2D eigenvalue weighted by Crippen LogP contribution is 2.19. The topological polar surface area (TPSA) is 75.6 Å². The van der Waals surface area contributed by atoms with E-state index < -0.39 is 0 Å². The van der Waals surface area contributed by atoms with Crippen LogP contribution in [0, 0.1) is 0 Å². The number of fused-ring (bicyclic) bond motifs is 1. The number of hydrogen-bond acceptors (Lipinski definition) is 3. The summed E-state index contributed by atoms with van der Waals surface area (Å²) in [5.41, 5.74) is 4.03. The number of carbonyl (C=O) groups excluding carboxylic acids is 1. The maximum Gasteiger partial charge on any atom is 0.224 e. The molecule has 130 valence electrons. The van der Waals surface area contributed by atoms with Crippen LogP contribution < -0.4 is 5.32 Å². The summed E-state index contributed by atoms with van der Waals surface area (Å²) in [5.74, 6) is 0.00241. The normalized spacial score (nSPS) is 12.2. The summed E-state index contributed by atoms with van der Waals surface area (Å²) in [5, 5.41) is 8.26. The molecule has 2 aromatic heterocycles. The molecule has 2 N–H and O–H groups in total. The lowest BCUT2D eigenvalue weighted by Crippen LogP contribution is -2.28. The minimum Gasteiger partial charge on any atom is -0.361 e. The Morgan fingerprint density at radius 1 is 1.19 bits per heavy atom. The van der Waals surface area contributed by atoms with Gasteiger partial charge in [0.2, 0.25) is 5.91 Å². The second kappa shape index (κ2) is 6.84. The lowest BCUT2D eigenvalue weighted by atomic mass is 10.1. The Balaban J connectivity index is 1.42.